The molecule has 0 fully saturated rings. The molecule has 0 amide bonds. The van der Waals surface area contributed by atoms with Crippen LogP contribution in [0.3, 0.4) is 0 Å². The quantitative estimate of drug-likeness (QED) is 0.526. The van der Waals surface area contributed by atoms with Crippen LogP contribution in [0.25, 0.3) is 0 Å². The highest BCUT2D eigenvalue weighted by Gasteiger charge is 2.06. The van der Waals surface area contributed by atoms with Gasteiger partial charge in [-0.05, 0) is 47.4 Å². The Morgan fingerprint density at radius 3 is 2.52 bits per heavy atom. The van der Waals surface area contributed by atoms with Crippen molar-refractivity contribution in [1.82, 2.24) is 4.98 Å². The molecular weight excluding hydrogens is 336 g/mol. The van der Waals surface area contributed by atoms with Crippen molar-refractivity contribution in [2.24, 2.45) is 0 Å². The Labute approximate surface area is 161 Å². The van der Waals surface area contributed by atoms with E-state index in [9.17, 15) is 0 Å². The van der Waals surface area contributed by atoms with E-state index >= 15 is 0 Å². The molecule has 0 saturated heterocycles. The topological polar surface area (TPSA) is 43.4 Å². The van der Waals surface area contributed by atoms with Crippen molar-refractivity contribution in [3.8, 4) is 11.5 Å². The average Bonchev–Trinajstić information content (AvgIpc) is 2.71. The largest absolute Gasteiger partial charge is 0.490 e. The summed E-state index contributed by atoms with van der Waals surface area (Å²) in [5.41, 5.74) is 2.37. The molecule has 4 nitrogen and oxygen atoms in total. The number of nitrogens with zero attached hydrogens (tertiary/aromatic N) is 1. The molecule has 1 heterocycles. The highest BCUT2D eigenvalue weighted by molar-refractivity contribution is 5.37. The minimum absolute atomic E-state index is 0.436. The lowest BCUT2D eigenvalue weighted by Gasteiger charge is -2.14. The summed E-state index contributed by atoms with van der Waals surface area (Å²) >= 11 is 0. The average molecular weight is 362 g/mol. The number of pyridine rings is 1. The predicted octanol–water partition coefficient (Wildman–Crippen LogP) is 5.27. The summed E-state index contributed by atoms with van der Waals surface area (Å²) in [5, 5.41) is 3.30. The summed E-state index contributed by atoms with van der Waals surface area (Å²) in [6.45, 7) is 6.06. The van der Waals surface area contributed by atoms with Gasteiger partial charge in [0.2, 0.25) is 0 Å². The van der Waals surface area contributed by atoms with Crippen LogP contribution in [0.15, 0.2) is 72.9 Å². The standard InChI is InChI=1S/C23H26N2O2/c1-18(2)21-10-3-4-11-22(21)27-15-14-26-20-9-7-8-19(16-20)17-25-23-12-5-6-13-24-23/h3-13,16,18H,14-15,17H2,1-2H3,(H,24,25). The molecule has 0 radical (unpaired) electrons. The number of rotatable bonds is 9. The van der Waals surface area contributed by atoms with Crippen molar-refractivity contribution in [3.63, 3.8) is 0 Å². The molecule has 3 rings (SSSR count). The normalized spacial score (nSPS) is 10.6. The van der Waals surface area contributed by atoms with Gasteiger partial charge in [0.1, 0.15) is 30.5 Å². The van der Waals surface area contributed by atoms with Crippen molar-refractivity contribution in [1.29, 1.82) is 0 Å². The van der Waals surface area contributed by atoms with Gasteiger partial charge in [-0.1, -0.05) is 50.2 Å². The first-order valence-corrected chi connectivity index (χ1v) is 9.31. The molecule has 2 aromatic carbocycles. The lowest BCUT2D eigenvalue weighted by Crippen LogP contribution is -2.10. The SMILES string of the molecule is CC(C)c1ccccc1OCCOc1cccc(CNc2ccccn2)c1. The molecule has 0 unspecified atom stereocenters. The molecule has 0 spiro atoms. The molecule has 0 aliphatic rings. The molecule has 0 aliphatic heterocycles. The fraction of sp³-hybridized carbons (Fsp3) is 0.261. The molecule has 27 heavy (non-hydrogen) atoms. The predicted molar refractivity (Wildman–Crippen MR) is 110 cm³/mol. The Morgan fingerprint density at radius 1 is 0.889 bits per heavy atom. The van der Waals surface area contributed by atoms with Gasteiger partial charge in [-0.3, -0.25) is 0 Å². The van der Waals surface area contributed by atoms with Gasteiger partial charge in [0.05, 0.1) is 0 Å². The molecule has 1 aromatic heterocycles. The van der Waals surface area contributed by atoms with E-state index in [0.29, 0.717) is 25.7 Å². The third-order valence-corrected chi connectivity index (χ3v) is 4.19. The Bertz CT molecular complexity index is 835. The highest BCUT2D eigenvalue weighted by atomic mass is 16.5. The number of hydrogen-bond acceptors (Lipinski definition) is 4. The van der Waals surface area contributed by atoms with Crippen LogP contribution >= 0.6 is 0 Å². The number of para-hydroxylation sites is 1. The second kappa shape index (κ2) is 9.62. The third-order valence-electron chi connectivity index (χ3n) is 4.19. The second-order valence-corrected chi connectivity index (χ2v) is 6.61. The molecule has 1 N–H and O–H groups in total. The lowest BCUT2D eigenvalue weighted by atomic mass is 10.0. The molecule has 0 aliphatic carbocycles. The van der Waals surface area contributed by atoms with E-state index in [4.69, 9.17) is 9.47 Å². The zero-order valence-electron chi connectivity index (χ0n) is 15.9. The number of aromatic nitrogens is 1. The van der Waals surface area contributed by atoms with Gasteiger partial charge in [0, 0.05) is 12.7 Å². The monoisotopic (exact) mass is 362 g/mol. The second-order valence-electron chi connectivity index (χ2n) is 6.61. The van der Waals surface area contributed by atoms with E-state index in [1.54, 1.807) is 6.20 Å². The van der Waals surface area contributed by atoms with Gasteiger partial charge in [0.15, 0.2) is 0 Å². The first kappa shape index (κ1) is 18.8. The van der Waals surface area contributed by atoms with E-state index in [2.05, 4.69) is 36.3 Å². The van der Waals surface area contributed by atoms with Crippen LogP contribution in [0, 0.1) is 0 Å². The number of ether oxygens (including phenoxy) is 2. The van der Waals surface area contributed by atoms with Crippen molar-refractivity contribution in [2.75, 3.05) is 18.5 Å². The fourth-order valence-electron chi connectivity index (χ4n) is 2.81. The molecule has 3 aromatic rings. The smallest absolute Gasteiger partial charge is 0.126 e. The maximum atomic E-state index is 5.91. The van der Waals surface area contributed by atoms with E-state index in [-0.39, 0.29) is 0 Å². The van der Waals surface area contributed by atoms with Crippen molar-refractivity contribution < 1.29 is 9.47 Å². The van der Waals surface area contributed by atoms with Crippen LogP contribution in [-0.2, 0) is 6.54 Å². The van der Waals surface area contributed by atoms with Gasteiger partial charge >= 0.3 is 0 Å². The minimum Gasteiger partial charge on any atom is -0.490 e. The van der Waals surface area contributed by atoms with Crippen molar-refractivity contribution in [3.05, 3.63) is 84.1 Å². The summed E-state index contributed by atoms with van der Waals surface area (Å²) < 4.78 is 11.8. The Hall–Kier alpha value is -3.01. The van der Waals surface area contributed by atoms with Gasteiger partial charge < -0.3 is 14.8 Å². The Balaban J connectivity index is 1.47. The van der Waals surface area contributed by atoms with Gasteiger partial charge in [-0.15, -0.1) is 0 Å². The molecule has 0 bridgehead atoms. The highest BCUT2D eigenvalue weighted by Crippen LogP contribution is 2.25. The van der Waals surface area contributed by atoms with E-state index in [1.807, 2.05) is 54.6 Å². The summed E-state index contributed by atoms with van der Waals surface area (Å²) in [6, 6.07) is 22.1. The summed E-state index contributed by atoms with van der Waals surface area (Å²) in [7, 11) is 0. The number of hydrogen-bond donors (Lipinski definition) is 1. The Morgan fingerprint density at radius 2 is 1.70 bits per heavy atom. The van der Waals surface area contributed by atoms with Gasteiger partial charge in [-0.2, -0.15) is 0 Å². The van der Waals surface area contributed by atoms with Crippen molar-refractivity contribution >= 4 is 5.82 Å². The van der Waals surface area contributed by atoms with Gasteiger partial charge in [-0.25, -0.2) is 4.98 Å². The van der Waals surface area contributed by atoms with Crippen LogP contribution in [0.2, 0.25) is 0 Å². The maximum absolute atomic E-state index is 5.91. The molecule has 0 atom stereocenters. The van der Waals surface area contributed by atoms with Crippen LogP contribution < -0.4 is 14.8 Å². The number of nitrogens with one attached hydrogen (secondary N) is 1. The zero-order valence-corrected chi connectivity index (χ0v) is 15.9. The number of benzene rings is 2. The van der Waals surface area contributed by atoms with Gasteiger partial charge in [0.25, 0.3) is 0 Å². The van der Waals surface area contributed by atoms with Crippen LogP contribution in [0.5, 0.6) is 11.5 Å². The van der Waals surface area contributed by atoms with Crippen molar-refractivity contribution in [2.45, 2.75) is 26.3 Å². The first-order valence-electron chi connectivity index (χ1n) is 9.31. The zero-order chi connectivity index (χ0) is 18.9. The minimum atomic E-state index is 0.436. The van der Waals surface area contributed by atoms with Crippen LogP contribution in [0.4, 0.5) is 5.82 Å². The van der Waals surface area contributed by atoms with Crippen LogP contribution in [-0.4, -0.2) is 18.2 Å². The Kier molecular flexibility index (Phi) is 6.69. The lowest BCUT2D eigenvalue weighted by molar-refractivity contribution is 0.215. The summed E-state index contributed by atoms with van der Waals surface area (Å²) in [4.78, 5) is 4.27. The van der Waals surface area contributed by atoms with E-state index < -0.39 is 0 Å². The molecule has 0 saturated carbocycles. The number of anilines is 1. The van der Waals surface area contributed by atoms with E-state index in [1.165, 1.54) is 5.56 Å². The first-order chi connectivity index (χ1) is 13.2. The van der Waals surface area contributed by atoms with Crippen LogP contribution in [0.1, 0.15) is 30.9 Å². The summed E-state index contributed by atoms with van der Waals surface area (Å²) in [6.07, 6.45) is 1.78. The molecule has 4 heteroatoms. The van der Waals surface area contributed by atoms with E-state index in [0.717, 1.165) is 22.9 Å². The maximum Gasteiger partial charge on any atom is 0.126 e. The summed E-state index contributed by atoms with van der Waals surface area (Å²) in [5.74, 6) is 3.08. The third kappa shape index (κ3) is 5.74. The molecule has 140 valence electrons. The fourth-order valence-corrected chi connectivity index (χ4v) is 2.81. The molecular formula is C23H26N2O2.